The van der Waals surface area contributed by atoms with E-state index >= 15 is 0 Å². The first kappa shape index (κ1) is 12.4. The van der Waals surface area contributed by atoms with Gasteiger partial charge in [-0.25, -0.2) is 0 Å². The van der Waals surface area contributed by atoms with E-state index in [0.29, 0.717) is 23.0 Å². The van der Waals surface area contributed by atoms with Crippen molar-refractivity contribution in [2.24, 2.45) is 7.05 Å². The number of aldehydes is 1. The second-order valence-corrected chi connectivity index (χ2v) is 4.57. The maximum absolute atomic E-state index is 11.3. The Labute approximate surface area is 115 Å². The highest BCUT2D eigenvalue weighted by molar-refractivity contribution is 5.78. The van der Waals surface area contributed by atoms with E-state index < -0.39 is 0 Å². The first-order chi connectivity index (χ1) is 9.61. The minimum Gasteiger partial charge on any atom is -0.433 e. The summed E-state index contributed by atoms with van der Waals surface area (Å²) in [5, 5.41) is 4.28. The van der Waals surface area contributed by atoms with Crippen LogP contribution in [0.15, 0.2) is 24.4 Å². The summed E-state index contributed by atoms with van der Waals surface area (Å²) in [6.07, 6.45) is 2.53. The Morgan fingerprint density at radius 2 is 2.10 bits per heavy atom. The number of aromatic nitrogens is 4. The summed E-state index contributed by atoms with van der Waals surface area (Å²) in [6.45, 7) is 3.77. The molecular formula is C14H14N4O2. The normalized spacial score (nSPS) is 10.9. The number of pyridine rings is 1. The van der Waals surface area contributed by atoms with Gasteiger partial charge in [0.15, 0.2) is 17.7 Å². The summed E-state index contributed by atoms with van der Waals surface area (Å²) < 4.78 is 9.26. The van der Waals surface area contributed by atoms with Gasteiger partial charge in [-0.3, -0.25) is 13.9 Å². The fourth-order valence-corrected chi connectivity index (χ4v) is 2.17. The maximum Gasteiger partial charge on any atom is 0.249 e. The molecule has 3 rings (SSSR count). The van der Waals surface area contributed by atoms with Crippen molar-refractivity contribution >= 4 is 11.9 Å². The van der Waals surface area contributed by atoms with Crippen LogP contribution < -0.4 is 4.74 Å². The lowest BCUT2D eigenvalue weighted by Gasteiger charge is -2.03. The molecule has 6 nitrogen and oxygen atoms in total. The number of imidazole rings is 1. The van der Waals surface area contributed by atoms with Crippen molar-refractivity contribution in [2.45, 2.75) is 13.8 Å². The number of hydrogen-bond acceptors (Lipinski definition) is 4. The Bertz CT molecular complexity index is 801. The van der Waals surface area contributed by atoms with E-state index in [1.807, 2.05) is 39.1 Å². The molecule has 0 fully saturated rings. The third-order valence-corrected chi connectivity index (χ3v) is 3.29. The molecule has 0 bridgehead atoms. The first-order valence-corrected chi connectivity index (χ1v) is 6.22. The highest BCUT2D eigenvalue weighted by atomic mass is 16.5. The van der Waals surface area contributed by atoms with E-state index in [0.717, 1.165) is 17.7 Å². The molecule has 0 unspecified atom stereocenters. The molecule has 0 atom stereocenters. The Morgan fingerprint density at radius 1 is 1.30 bits per heavy atom. The molecule has 20 heavy (non-hydrogen) atoms. The average molecular weight is 270 g/mol. The molecule has 0 N–H and O–H groups in total. The van der Waals surface area contributed by atoms with Crippen molar-refractivity contribution in [3.8, 4) is 11.6 Å². The van der Waals surface area contributed by atoms with Crippen LogP contribution in [-0.4, -0.2) is 25.5 Å². The molecule has 0 aliphatic carbocycles. The number of fused-ring (bicyclic) bond motifs is 1. The summed E-state index contributed by atoms with van der Waals surface area (Å²) in [5.74, 6) is 0.935. The third-order valence-electron chi connectivity index (χ3n) is 3.29. The van der Waals surface area contributed by atoms with Crippen molar-refractivity contribution in [1.82, 2.24) is 19.2 Å². The lowest BCUT2D eigenvalue weighted by atomic mass is 10.3. The van der Waals surface area contributed by atoms with Gasteiger partial charge in [0.2, 0.25) is 5.88 Å². The molecular weight excluding hydrogens is 256 g/mol. The van der Waals surface area contributed by atoms with Gasteiger partial charge in [0.1, 0.15) is 11.3 Å². The number of nitrogens with zero attached hydrogens (tertiary/aromatic N) is 4. The topological polar surface area (TPSA) is 61.4 Å². The minimum atomic E-state index is 0.297. The zero-order valence-corrected chi connectivity index (χ0v) is 11.5. The molecule has 0 saturated carbocycles. The molecule has 0 spiro atoms. The second-order valence-electron chi connectivity index (χ2n) is 4.57. The Balaban J connectivity index is 2.13. The van der Waals surface area contributed by atoms with Gasteiger partial charge in [0.25, 0.3) is 0 Å². The standard InChI is InChI=1S/C14H14N4O2/c1-9-13(10(2)17(3)16-9)20-14-11(8-19)18-7-5-4-6-12(18)15-14/h4-8H,1-3H3. The number of aryl methyl sites for hydroxylation is 2. The molecule has 0 amide bonds. The van der Waals surface area contributed by atoms with Crippen LogP contribution in [0.5, 0.6) is 11.6 Å². The van der Waals surface area contributed by atoms with Gasteiger partial charge in [-0.1, -0.05) is 6.07 Å². The van der Waals surface area contributed by atoms with E-state index in [9.17, 15) is 4.79 Å². The number of hydrogen-bond donors (Lipinski definition) is 0. The lowest BCUT2D eigenvalue weighted by Crippen LogP contribution is -1.95. The number of ether oxygens (including phenoxy) is 1. The molecule has 0 aliphatic rings. The fourth-order valence-electron chi connectivity index (χ4n) is 2.17. The SMILES string of the molecule is Cc1nn(C)c(C)c1Oc1nc2ccccn2c1C=O. The molecule has 3 aromatic rings. The van der Waals surface area contributed by atoms with Gasteiger partial charge >= 0.3 is 0 Å². The highest BCUT2D eigenvalue weighted by Crippen LogP contribution is 2.29. The largest absolute Gasteiger partial charge is 0.433 e. The van der Waals surface area contributed by atoms with E-state index in [4.69, 9.17) is 4.74 Å². The molecule has 3 aromatic heterocycles. The molecule has 0 radical (unpaired) electrons. The monoisotopic (exact) mass is 270 g/mol. The van der Waals surface area contributed by atoms with Crippen LogP contribution in [0, 0.1) is 13.8 Å². The van der Waals surface area contributed by atoms with Crippen molar-refractivity contribution in [3.05, 3.63) is 41.5 Å². The molecule has 102 valence electrons. The van der Waals surface area contributed by atoms with Gasteiger partial charge in [0.05, 0.1) is 5.69 Å². The average Bonchev–Trinajstić information content (AvgIpc) is 2.91. The zero-order chi connectivity index (χ0) is 14.3. The number of rotatable bonds is 3. The van der Waals surface area contributed by atoms with Crippen LogP contribution in [0.3, 0.4) is 0 Å². The smallest absolute Gasteiger partial charge is 0.249 e. The minimum absolute atomic E-state index is 0.297. The molecule has 3 heterocycles. The van der Waals surface area contributed by atoms with E-state index in [2.05, 4.69) is 10.1 Å². The number of carbonyl (C=O) groups excluding carboxylic acids is 1. The molecule has 6 heteroatoms. The highest BCUT2D eigenvalue weighted by Gasteiger charge is 2.18. The van der Waals surface area contributed by atoms with Gasteiger partial charge in [-0.2, -0.15) is 10.1 Å². The van der Waals surface area contributed by atoms with Crippen LogP contribution in [0.4, 0.5) is 0 Å². The van der Waals surface area contributed by atoms with Gasteiger partial charge in [-0.15, -0.1) is 0 Å². The lowest BCUT2D eigenvalue weighted by molar-refractivity contribution is 0.111. The third kappa shape index (κ3) is 1.77. The second kappa shape index (κ2) is 4.48. The Hall–Kier alpha value is -2.63. The van der Waals surface area contributed by atoms with Gasteiger partial charge in [0, 0.05) is 13.2 Å². The van der Waals surface area contributed by atoms with E-state index in [1.165, 1.54) is 0 Å². The van der Waals surface area contributed by atoms with Gasteiger partial charge in [-0.05, 0) is 26.0 Å². The molecule has 0 saturated heterocycles. The number of carbonyl (C=O) groups is 1. The van der Waals surface area contributed by atoms with Gasteiger partial charge < -0.3 is 4.74 Å². The summed E-state index contributed by atoms with van der Waals surface area (Å²) in [5.41, 5.74) is 2.71. The predicted molar refractivity (Wildman–Crippen MR) is 73.3 cm³/mol. The summed E-state index contributed by atoms with van der Waals surface area (Å²) in [4.78, 5) is 15.6. The fraction of sp³-hybridized carbons (Fsp3) is 0.214. The van der Waals surface area contributed by atoms with Crippen molar-refractivity contribution < 1.29 is 9.53 Å². The maximum atomic E-state index is 11.3. The summed E-state index contributed by atoms with van der Waals surface area (Å²) >= 11 is 0. The Morgan fingerprint density at radius 3 is 2.75 bits per heavy atom. The quantitative estimate of drug-likeness (QED) is 0.685. The first-order valence-electron chi connectivity index (χ1n) is 6.22. The van der Waals surface area contributed by atoms with Crippen molar-refractivity contribution in [1.29, 1.82) is 0 Å². The summed E-state index contributed by atoms with van der Waals surface area (Å²) in [6, 6.07) is 5.52. The van der Waals surface area contributed by atoms with Crippen LogP contribution in [-0.2, 0) is 7.05 Å². The molecule has 0 aliphatic heterocycles. The van der Waals surface area contributed by atoms with Crippen LogP contribution in [0.1, 0.15) is 21.9 Å². The van der Waals surface area contributed by atoms with Crippen LogP contribution in [0.25, 0.3) is 5.65 Å². The Kier molecular flexibility index (Phi) is 2.78. The van der Waals surface area contributed by atoms with Crippen molar-refractivity contribution in [2.75, 3.05) is 0 Å². The van der Waals surface area contributed by atoms with Crippen LogP contribution >= 0.6 is 0 Å². The van der Waals surface area contributed by atoms with Crippen LogP contribution in [0.2, 0.25) is 0 Å². The zero-order valence-electron chi connectivity index (χ0n) is 11.5. The summed E-state index contributed by atoms with van der Waals surface area (Å²) in [7, 11) is 1.85. The van der Waals surface area contributed by atoms with Crippen molar-refractivity contribution in [3.63, 3.8) is 0 Å². The predicted octanol–water partition coefficient (Wildman–Crippen LogP) is 2.29. The van der Waals surface area contributed by atoms with E-state index in [1.54, 1.807) is 15.3 Å². The molecule has 0 aromatic carbocycles. The van der Waals surface area contributed by atoms with E-state index in [-0.39, 0.29) is 0 Å².